The maximum atomic E-state index is 12.3. The fourth-order valence-corrected chi connectivity index (χ4v) is 2.65. The molecule has 24 heavy (non-hydrogen) atoms. The topological polar surface area (TPSA) is 80.1 Å². The molecule has 0 fully saturated rings. The smallest absolute Gasteiger partial charge is 0.250 e. The second-order valence-electron chi connectivity index (χ2n) is 5.54. The third-order valence-electron chi connectivity index (χ3n) is 3.93. The number of aromatic nitrogens is 3. The van der Waals surface area contributed by atoms with E-state index >= 15 is 0 Å². The number of amides is 2. The second-order valence-corrected chi connectivity index (χ2v) is 5.54. The first-order valence-corrected chi connectivity index (χ1v) is 7.86. The third-order valence-corrected chi connectivity index (χ3v) is 3.93. The quantitative estimate of drug-likeness (QED) is 0.852. The summed E-state index contributed by atoms with van der Waals surface area (Å²) in [4.78, 5) is 27.0. The Morgan fingerprint density at radius 3 is 3.00 bits per heavy atom. The molecule has 0 atom stereocenters. The molecule has 0 aliphatic carbocycles. The predicted octanol–water partition coefficient (Wildman–Crippen LogP) is 1.90. The highest BCUT2D eigenvalue weighted by Crippen LogP contribution is 2.28. The van der Waals surface area contributed by atoms with Gasteiger partial charge in [0.15, 0.2) is 0 Å². The van der Waals surface area contributed by atoms with Gasteiger partial charge in [-0.15, -0.1) is 0 Å². The first-order chi connectivity index (χ1) is 11.6. The van der Waals surface area contributed by atoms with Gasteiger partial charge >= 0.3 is 0 Å². The van der Waals surface area contributed by atoms with Gasteiger partial charge in [0.05, 0.1) is 19.3 Å². The molecule has 2 amide bonds. The Labute approximate surface area is 140 Å². The molecule has 0 bridgehead atoms. The molecule has 0 saturated heterocycles. The summed E-state index contributed by atoms with van der Waals surface area (Å²) in [6.07, 6.45) is 4.11. The second kappa shape index (κ2) is 6.66. The summed E-state index contributed by atoms with van der Waals surface area (Å²) in [6, 6.07) is 5.64. The molecule has 2 heterocycles. The predicted molar refractivity (Wildman–Crippen MR) is 90.5 cm³/mol. The van der Waals surface area contributed by atoms with Crippen LogP contribution in [0.2, 0.25) is 0 Å². The molecule has 1 aromatic carbocycles. The standard InChI is InChI=1S/C17H19N5O2/c1-3-17(24)21(11-13-10-18-22(4-2)20-13)14-7-5-12-6-8-16(23)19-15(12)9-14/h3,5,7,9-10H,1,4,6,8,11H2,2H3,(H,19,23). The molecule has 124 valence electrons. The van der Waals surface area contributed by atoms with Gasteiger partial charge in [0.2, 0.25) is 5.91 Å². The van der Waals surface area contributed by atoms with Crippen LogP contribution in [0.1, 0.15) is 24.6 Å². The first kappa shape index (κ1) is 15.9. The number of anilines is 2. The van der Waals surface area contributed by atoms with Crippen LogP contribution >= 0.6 is 0 Å². The number of benzene rings is 1. The zero-order valence-electron chi connectivity index (χ0n) is 13.5. The zero-order chi connectivity index (χ0) is 17.1. The Hall–Kier alpha value is -2.96. The summed E-state index contributed by atoms with van der Waals surface area (Å²) in [7, 11) is 0. The average Bonchev–Trinajstić information content (AvgIpc) is 3.06. The molecule has 7 nitrogen and oxygen atoms in total. The van der Waals surface area contributed by atoms with Crippen molar-refractivity contribution in [2.45, 2.75) is 32.9 Å². The molecule has 0 radical (unpaired) electrons. The lowest BCUT2D eigenvalue weighted by atomic mass is 10.0. The Morgan fingerprint density at radius 1 is 1.46 bits per heavy atom. The number of hydrogen-bond acceptors (Lipinski definition) is 4. The number of nitrogens with one attached hydrogen (secondary N) is 1. The Balaban J connectivity index is 1.91. The molecule has 3 rings (SSSR count). The van der Waals surface area contributed by atoms with Crippen molar-refractivity contribution >= 4 is 23.2 Å². The van der Waals surface area contributed by atoms with Crippen molar-refractivity contribution in [3.8, 4) is 0 Å². The third kappa shape index (κ3) is 3.19. The van der Waals surface area contributed by atoms with E-state index in [0.29, 0.717) is 30.8 Å². The van der Waals surface area contributed by atoms with Crippen LogP contribution in [0.3, 0.4) is 0 Å². The number of rotatable bonds is 5. The summed E-state index contributed by atoms with van der Waals surface area (Å²) < 4.78 is 0. The monoisotopic (exact) mass is 325 g/mol. The summed E-state index contributed by atoms with van der Waals surface area (Å²) in [5, 5.41) is 11.3. The van der Waals surface area contributed by atoms with Gasteiger partial charge in [-0.2, -0.15) is 15.0 Å². The highest BCUT2D eigenvalue weighted by atomic mass is 16.2. The van der Waals surface area contributed by atoms with Crippen LogP contribution in [0, 0.1) is 0 Å². The van der Waals surface area contributed by atoms with Gasteiger partial charge in [-0.1, -0.05) is 12.6 Å². The van der Waals surface area contributed by atoms with Crippen LogP contribution in [0.4, 0.5) is 11.4 Å². The van der Waals surface area contributed by atoms with E-state index in [1.54, 1.807) is 15.9 Å². The largest absolute Gasteiger partial charge is 0.326 e. The number of hydrogen-bond donors (Lipinski definition) is 1. The Bertz CT molecular complexity index is 796. The van der Waals surface area contributed by atoms with Crippen LogP contribution in [0.5, 0.6) is 0 Å². The van der Waals surface area contributed by atoms with E-state index in [0.717, 1.165) is 11.3 Å². The summed E-state index contributed by atoms with van der Waals surface area (Å²) in [5.41, 5.74) is 3.20. The van der Waals surface area contributed by atoms with Crippen molar-refractivity contribution in [2.24, 2.45) is 0 Å². The van der Waals surface area contributed by atoms with Gasteiger partial charge in [0, 0.05) is 17.8 Å². The van der Waals surface area contributed by atoms with Gasteiger partial charge in [0.25, 0.3) is 5.91 Å². The normalized spacial score (nSPS) is 13.1. The van der Waals surface area contributed by atoms with Crippen LogP contribution in [0.15, 0.2) is 37.1 Å². The van der Waals surface area contributed by atoms with E-state index in [1.165, 1.54) is 6.08 Å². The van der Waals surface area contributed by atoms with Gasteiger partial charge in [-0.3, -0.25) is 9.59 Å². The van der Waals surface area contributed by atoms with Crippen molar-refractivity contribution in [2.75, 3.05) is 10.2 Å². The Kier molecular flexibility index (Phi) is 4.41. The highest BCUT2D eigenvalue weighted by molar-refractivity contribution is 6.02. The molecule has 0 saturated carbocycles. The molecule has 1 aliphatic rings. The summed E-state index contributed by atoms with van der Waals surface area (Å²) >= 11 is 0. The van der Waals surface area contributed by atoms with E-state index in [2.05, 4.69) is 22.1 Å². The average molecular weight is 325 g/mol. The van der Waals surface area contributed by atoms with Gasteiger partial charge < -0.3 is 10.2 Å². The molecule has 1 N–H and O–H groups in total. The molecule has 1 aromatic heterocycles. The van der Waals surface area contributed by atoms with E-state index in [1.807, 2.05) is 25.1 Å². The van der Waals surface area contributed by atoms with Crippen LogP contribution in [-0.4, -0.2) is 26.8 Å². The molecule has 2 aromatic rings. The molecular formula is C17H19N5O2. The maximum Gasteiger partial charge on any atom is 0.250 e. The first-order valence-electron chi connectivity index (χ1n) is 7.86. The van der Waals surface area contributed by atoms with Crippen molar-refractivity contribution < 1.29 is 9.59 Å². The number of nitrogens with zero attached hydrogens (tertiary/aromatic N) is 4. The number of aryl methyl sites for hydroxylation is 2. The van der Waals surface area contributed by atoms with Crippen molar-refractivity contribution in [3.63, 3.8) is 0 Å². The van der Waals surface area contributed by atoms with Crippen molar-refractivity contribution in [1.29, 1.82) is 0 Å². The minimum Gasteiger partial charge on any atom is -0.326 e. The maximum absolute atomic E-state index is 12.3. The van der Waals surface area contributed by atoms with E-state index < -0.39 is 0 Å². The van der Waals surface area contributed by atoms with E-state index in [4.69, 9.17) is 0 Å². The van der Waals surface area contributed by atoms with E-state index in [-0.39, 0.29) is 18.4 Å². The number of carbonyl (C=O) groups is 2. The van der Waals surface area contributed by atoms with Crippen LogP contribution in [-0.2, 0) is 29.1 Å². The minimum absolute atomic E-state index is 0.00728. The fourth-order valence-electron chi connectivity index (χ4n) is 2.65. The lowest BCUT2D eigenvalue weighted by Gasteiger charge is -2.23. The number of carbonyl (C=O) groups excluding carboxylic acids is 2. The van der Waals surface area contributed by atoms with Crippen molar-refractivity contribution in [1.82, 2.24) is 15.0 Å². The summed E-state index contributed by atoms with van der Waals surface area (Å²) in [6.45, 7) is 6.47. The zero-order valence-corrected chi connectivity index (χ0v) is 13.5. The highest BCUT2D eigenvalue weighted by Gasteiger charge is 2.20. The molecule has 7 heteroatoms. The van der Waals surface area contributed by atoms with Crippen molar-refractivity contribution in [3.05, 3.63) is 48.3 Å². The lowest BCUT2D eigenvalue weighted by molar-refractivity contribution is -0.116. The van der Waals surface area contributed by atoms with Gasteiger partial charge in [-0.25, -0.2) is 0 Å². The van der Waals surface area contributed by atoms with Gasteiger partial charge in [-0.05, 0) is 37.1 Å². The molecular weight excluding hydrogens is 306 g/mol. The number of fused-ring (bicyclic) bond motifs is 1. The molecule has 1 aliphatic heterocycles. The SMILES string of the molecule is C=CC(=O)N(Cc1cnn(CC)n1)c1ccc2c(c1)NC(=O)CC2. The van der Waals surface area contributed by atoms with Gasteiger partial charge in [0.1, 0.15) is 5.69 Å². The van der Waals surface area contributed by atoms with Crippen LogP contribution < -0.4 is 10.2 Å². The lowest BCUT2D eigenvalue weighted by Crippen LogP contribution is -2.29. The molecule has 0 unspecified atom stereocenters. The molecule has 0 spiro atoms. The fraction of sp³-hybridized carbons (Fsp3) is 0.294. The van der Waals surface area contributed by atoms with Crippen LogP contribution in [0.25, 0.3) is 0 Å². The summed E-state index contributed by atoms with van der Waals surface area (Å²) in [5.74, 6) is -0.240. The minimum atomic E-state index is -0.233. The Morgan fingerprint density at radius 2 is 2.29 bits per heavy atom. The van der Waals surface area contributed by atoms with E-state index in [9.17, 15) is 9.59 Å².